The van der Waals surface area contributed by atoms with E-state index < -0.39 is 10.0 Å². The van der Waals surface area contributed by atoms with E-state index in [0.29, 0.717) is 23.9 Å². The highest BCUT2D eigenvalue weighted by molar-refractivity contribution is 7.91. The Hall–Kier alpha value is -0.670. The Balaban J connectivity index is 0.00000225. The fourth-order valence-electron chi connectivity index (χ4n) is 3.24. The number of nitrogens with one attached hydrogen (secondary N) is 1. The van der Waals surface area contributed by atoms with Crippen LogP contribution in [0.25, 0.3) is 0 Å². The van der Waals surface area contributed by atoms with Gasteiger partial charge in [-0.3, -0.25) is 4.79 Å². The molecule has 3 heterocycles. The van der Waals surface area contributed by atoms with Gasteiger partial charge in [0, 0.05) is 32.7 Å². The van der Waals surface area contributed by atoms with Gasteiger partial charge in [0.15, 0.2) is 0 Å². The number of carbonyl (C=O) groups excluding carboxylic acids is 1. The summed E-state index contributed by atoms with van der Waals surface area (Å²) >= 11 is 1.09. The van der Waals surface area contributed by atoms with Gasteiger partial charge in [-0.1, -0.05) is 6.92 Å². The highest BCUT2D eigenvalue weighted by atomic mass is 35.5. The van der Waals surface area contributed by atoms with Crippen molar-refractivity contribution in [3.05, 3.63) is 17.0 Å². The molecule has 2 aliphatic rings. The van der Waals surface area contributed by atoms with Crippen molar-refractivity contribution < 1.29 is 13.2 Å². The molecule has 0 radical (unpaired) electrons. The predicted octanol–water partition coefficient (Wildman–Crippen LogP) is 2.02. The van der Waals surface area contributed by atoms with Gasteiger partial charge in [-0.2, -0.15) is 4.31 Å². The lowest BCUT2D eigenvalue weighted by Gasteiger charge is -2.28. The molecule has 25 heavy (non-hydrogen) atoms. The summed E-state index contributed by atoms with van der Waals surface area (Å²) in [5.41, 5.74) is 0. The molecule has 1 atom stereocenters. The van der Waals surface area contributed by atoms with E-state index in [4.69, 9.17) is 0 Å². The van der Waals surface area contributed by atoms with Crippen molar-refractivity contribution in [2.45, 2.75) is 36.4 Å². The van der Waals surface area contributed by atoms with E-state index in [1.807, 2.05) is 0 Å². The minimum Gasteiger partial charge on any atom is -0.337 e. The van der Waals surface area contributed by atoms with Crippen LogP contribution in [0.15, 0.2) is 16.3 Å². The summed E-state index contributed by atoms with van der Waals surface area (Å²) in [6, 6.07) is 3.40. The molecule has 1 aromatic heterocycles. The highest BCUT2D eigenvalue weighted by Crippen LogP contribution is 2.29. The molecule has 2 saturated heterocycles. The standard InChI is InChI=1S/C16H25N3O3S2.ClH/c1-12-6-9-19(10-7-12)24(21,22)15-4-3-14(23-15)16(20)18(2)13-5-8-17-11-13;/h3-4,12-13,17H,5-11H2,1-2H3;1H. The number of hydrogen-bond donors (Lipinski definition) is 1. The molecule has 0 saturated carbocycles. The number of amides is 1. The molecule has 142 valence electrons. The first-order valence-corrected chi connectivity index (χ1v) is 10.7. The van der Waals surface area contributed by atoms with Gasteiger partial charge in [0.1, 0.15) is 4.21 Å². The van der Waals surface area contributed by atoms with Gasteiger partial charge < -0.3 is 10.2 Å². The monoisotopic (exact) mass is 407 g/mol. The average Bonchev–Trinajstić information content (AvgIpc) is 3.25. The SMILES string of the molecule is CC1CCN(S(=O)(=O)c2ccc(C(=O)N(C)C3CCNC3)s2)CC1.Cl. The van der Waals surface area contributed by atoms with Gasteiger partial charge in [0.2, 0.25) is 0 Å². The summed E-state index contributed by atoms with van der Waals surface area (Å²) in [7, 11) is -1.68. The number of sulfonamides is 1. The first-order valence-electron chi connectivity index (χ1n) is 8.47. The summed E-state index contributed by atoms with van der Waals surface area (Å²) in [4.78, 5) is 14.8. The highest BCUT2D eigenvalue weighted by Gasteiger charge is 2.31. The van der Waals surface area contributed by atoms with Gasteiger partial charge in [-0.25, -0.2) is 8.42 Å². The number of piperidine rings is 1. The molecule has 1 unspecified atom stereocenters. The first kappa shape index (κ1) is 20.6. The van der Waals surface area contributed by atoms with Crippen molar-refractivity contribution in [3.8, 4) is 0 Å². The number of carbonyl (C=O) groups is 1. The summed E-state index contributed by atoms with van der Waals surface area (Å²) < 4.78 is 27.3. The fraction of sp³-hybridized carbons (Fsp3) is 0.688. The second-order valence-corrected chi connectivity index (χ2v) is 10.0. The Morgan fingerprint density at radius 1 is 1.28 bits per heavy atom. The van der Waals surface area contributed by atoms with E-state index in [1.54, 1.807) is 28.4 Å². The summed E-state index contributed by atoms with van der Waals surface area (Å²) in [6.07, 6.45) is 2.73. The largest absolute Gasteiger partial charge is 0.337 e. The molecular formula is C16H26ClN3O3S2. The lowest BCUT2D eigenvalue weighted by atomic mass is 10.0. The van der Waals surface area contributed by atoms with Gasteiger partial charge in [0.25, 0.3) is 15.9 Å². The smallest absolute Gasteiger partial charge is 0.263 e. The first-order chi connectivity index (χ1) is 11.4. The Morgan fingerprint density at radius 3 is 2.56 bits per heavy atom. The maximum absolute atomic E-state index is 12.8. The van der Waals surface area contributed by atoms with Gasteiger partial charge in [-0.15, -0.1) is 23.7 Å². The third-order valence-electron chi connectivity index (χ3n) is 5.03. The maximum atomic E-state index is 12.8. The van der Waals surface area contributed by atoms with Crippen LogP contribution in [0.5, 0.6) is 0 Å². The molecule has 0 aromatic carbocycles. The van der Waals surface area contributed by atoms with E-state index in [-0.39, 0.29) is 28.6 Å². The van der Waals surface area contributed by atoms with Crippen molar-refractivity contribution in [1.82, 2.24) is 14.5 Å². The van der Waals surface area contributed by atoms with Crippen molar-refractivity contribution in [2.75, 3.05) is 33.2 Å². The molecule has 3 rings (SSSR count). The molecular weight excluding hydrogens is 382 g/mol. The van der Waals surface area contributed by atoms with Crippen molar-refractivity contribution >= 4 is 39.7 Å². The van der Waals surface area contributed by atoms with E-state index in [1.165, 1.54) is 0 Å². The number of nitrogens with zero attached hydrogens (tertiary/aromatic N) is 2. The fourth-order valence-corrected chi connectivity index (χ4v) is 6.15. The topological polar surface area (TPSA) is 69.7 Å². The second-order valence-electron chi connectivity index (χ2n) is 6.77. The average molecular weight is 408 g/mol. The molecule has 1 amide bonds. The zero-order valence-corrected chi connectivity index (χ0v) is 17.1. The third-order valence-corrected chi connectivity index (χ3v) is 8.47. The number of hydrogen-bond acceptors (Lipinski definition) is 5. The molecule has 2 fully saturated rings. The summed E-state index contributed by atoms with van der Waals surface area (Å²) in [5, 5.41) is 3.24. The molecule has 0 aliphatic carbocycles. The Bertz CT molecular complexity index is 693. The minimum atomic E-state index is -3.47. The molecule has 1 N–H and O–H groups in total. The molecule has 1 aromatic rings. The van der Waals surface area contributed by atoms with Crippen LogP contribution in [0.4, 0.5) is 0 Å². The second kappa shape index (κ2) is 8.35. The van der Waals surface area contributed by atoms with E-state index >= 15 is 0 Å². The van der Waals surface area contributed by atoms with Crippen LogP contribution in [0, 0.1) is 5.92 Å². The maximum Gasteiger partial charge on any atom is 0.263 e. The Kier molecular flexibility index (Phi) is 6.89. The lowest BCUT2D eigenvalue weighted by Crippen LogP contribution is -2.38. The lowest BCUT2D eigenvalue weighted by molar-refractivity contribution is 0.0748. The third kappa shape index (κ3) is 4.36. The van der Waals surface area contributed by atoms with Crippen LogP contribution in [0.2, 0.25) is 0 Å². The normalized spacial score (nSPS) is 22.6. The van der Waals surface area contributed by atoms with Crippen molar-refractivity contribution in [2.24, 2.45) is 5.92 Å². The zero-order chi connectivity index (χ0) is 17.3. The quantitative estimate of drug-likeness (QED) is 0.829. The van der Waals surface area contributed by atoms with Crippen LogP contribution in [0.3, 0.4) is 0 Å². The van der Waals surface area contributed by atoms with Crippen molar-refractivity contribution in [1.29, 1.82) is 0 Å². The minimum absolute atomic E-state index is 0. The molecule has 0 spiro atoms. The van der Waals surface area contributed by atoms with Gasteiger partial charge in [-0.05, 0) is 43.9 Å². The van der Waals surface area contributed by atoms with Crippen LogP contribution in [0.1, 0.15) is 35.9 Å². The van der Waals surface area contributed by atoms with Crippen LogP contribution in [-0.2, 0) is 10.0 Å². The number of rotatable bonds is 4. The van der Waals surface area contributed by atoms with E-state index in [9.17, 15) is 13.2 Å². The van der Waals surface area contributed by atoms with Crippen LogP contribution < -0.4 is 5.32 Å². The molecule has 2 aliphatic heterocycles. The number of likely N-dealkylation sites (N-methyl/N-ethyl adjacent to an activating group) is 1. The van der Waals surface area contributed by atoms with E-state index in [0.717, 1.165) is 43.7 Å². The Labute approximate surface area is 160 Å². The van der Waals surface area contributed by atoms with Crippen molar-refractivity contribution in [3.63, 3.8) is 0 Å². The molecule has 6 nitrogen and oxygen atoms in total. The van der Waals surface area contributed by atoms with Gasteiger partial charge in [0.05, 0.1) is 4.88 Å². The number of halogens is 1. The predicted molar refractivity (Wildman–Crippen MR) is 102 cm³/mol. The number of thiophene rings is 1. The summed E-state index contributed by atoms with van der Waals surface area (Å²) in [5.74, 6) is 0.480. The van der Waals surface area contributed by atoms with Gasteiger partial charge >= 0.3 is 0 Å². The molecule has 0 bridgehead atoms. The van der Waals surface area contributed by atoms with Crippen LogP contribution in [-0.4, -0.2) is 62.8 Å². The summed E-state index contributed by atoms with van der Waals surface area (Å²) in [6.45, 7) is 5.00. The van der Waals surface area contributed by atoms with E-state index in [2.05, 4.69) is 12.2 Å². The molecule has 9 heteroatoms. The zero-order valence-electron chi connectivity index (χ0n) is 14.6. The van der Waals surface area contributed by atoms with Crippen LogP contribution >= 0.6 is 23.7 Å². The Morgan fingerprint density at radius 2 is 1.96 bits per heavy atom.